The molecule has 1 aliphatic rings. The van der Waals surface area contributed by atoms with Crippen molar-refractivity contribution in [3.8, 4) is 0 Å². The van der Waals surface area contributed by atoms with Gasteiger partial charge in [-0.05, 0) is 25.3 Å². The number of benzene rings is 1. The Bertz CT molecular complexity index is 644. The van der Waals surface area contributed by atoms with Gasteiger partial charge in [0.1, 0.15) is 5.82 Å². The second-order valence-corrected chi connectivity index (χ2v) is 6.09. The maximum atomic E-state index is 12.0. The van der Waals surface area contributed by atoms with Crippen molar-refractivity contribution in [2.45, 2.75) is 51.5 Å². The van der Waals surface area contributed by atoms with Gasteiger partial charge in [0.25, 0.3) is 0 Å². The average molecular weight is 298 g/mol. The van der Waals surface area contributed by atoms with Crippen molar-refractivity contribution in [1.29, 1.82) is 0 Å². The fourth-order valence-corrected chi connectivity index (χ4v) is 3.00. The summed E-state index contributed by atoms with van der Waals surface area (Å²) in [6.07, 6.45) is 5.58. The number of aromatic amines is 1. The number of aryl methyl sites for hydroxylation is 1. The molecule has 0 atom stereocenters. The molecular formula is C17H22N4O. The lowest BCUT2D eigenvalue weighted by Gasteiger charge is -2.10. The molecule has 2 N–H and O–H groups in total. The van der Waals surface area contributed by atoms with Crippen LogP contribution in [0, 0.1) is 6.92 Å². The first-order chi connectivity index (χ1) is 10.7. The molecule has 5 nitrogen and oxygen atoms in total. The minimum atomic E-state index is 0.0213. The number of carbonyl (C=O) groups is 1. The third kappa shape index (κ3) is 3.93. The number of H-pyrrole nitrogens is 1. The van der Waals surface area contributed by atoms with Crippen molar-refractivity contribution >= 4 is 5.91 Å². The number of hydrogen-bond acceptors (Lipinski definition) is 3. The summed E-state index contributed by atoms with van der Waals surface area (Å²) in [7, 11) is 0. The summed E-state index contributed by atoms with van der Waals surface area (Å²) in [5.74, 6) is 1.39. The molecule has 1 aliphatic carbocycles. The molecule has 0 aliphatic heterocycles. The maximum Gasteiger partial charge on any atom is 0.227 e. The smallest absolute Gasteiger partial charge is 0.227 e. The maximum absolute atomic E-state index is 12.0. The number of carbonyl (C=O) groups excluding carboxylic acids is 1. The minimum Gasteiger partial charge on any atom is -0.353 e. The summed E-state index contributed by atoms with van der Waals surface area (Å²) >= 11 is 0. The molecule has 116 valence electrons. The quantitative estimate of drug-likeness (QED) is 0.890. The zero-order chi connectivity index (χ0) is 15.4. The first kappa shape index (κ1) is 14.8. The summed E-state index contributed by atoms with van der Waals surface area (Å²) in [6, 6.07) is 8.66. The SMILES string of the molecule is Cc1cccc(Cc2nc(CC(=O)NC3CCCC3)n[nH]2)c1. The van der Waals surface area contributed by atoms with Gasteiger partial charge >= 0.3 is 0 Å². The van der Waals surface area contributed by atoms with Gasteiger partial charge in [-0.2, -0.15) is 5.10 Å². The summed E-state index contributed by atoms with van der Waals surface area (Å²) < 4.78 is 0. The number of amides is 1. The molecule has 0 bridgehead atoms. The molecule has 1 amide bonds. The van der Waals surface area contributed by atoms with Gasteiger partial charge in [-0.3, -0.25) is 9.89 Å². The minimum absolute atomic E-state index is 0.0213. The molecule has 1 aromatic heterocycles. The number of nitrogens with one attached hydrogen (secondary N) is 2. The Morgan fingerprint density at radius 3 is 2.95 bits per heavy atom. The molecule has 1 saturated carbocycles. The predicted octanol–water partition coefficient (Wildman–Crippen LogP) is 2.31. The van der Waals surface area contributed by atoms with Crippen LogP contribution in [0.25, 0.3) is 0 Å². The highest BCUT2D eigenvalue weighted by Gasteiger charge is 2.18. The van der Waals surface area contributed by atoms with E-state index in [4.69, 9.17) is 0 Å². The van der Waals surface area contributed by atoms with Crippen LogP contribution in [0.1, 0.15) is 48.5 Å². The van der Waals surface area contributed by atoms with Crippen molar-refractivity contribution in [2.24, 2.45) is 0 Å². The third-order valence-electron chi connectivity index (χ3n) is 4.07. The molecule has 1 heterocycles. The lowest BCUT2D eigenvalue weighted by molar-refractivity contribution is -0.121. The Hall–Kier alpha value is -2.17. The van der Waals surface area contributed by atoms with E-state index in [1.165, 1.54) is 24.0 Å². The third-order valence-corrected chi connectivity index (χ3v) is 4.07. The molecule has 0 unspecified atom stereocenters. The zero-order valence-corrected chi connectivity index (χ0v) is 12.9. The van der Waals surface area contributed by atoms with Gasteiger partial charge in [-0.25, -0.2) is 4.98 Å². The standard InChI is InChI=1S/C17H22N4O/c1-12-5-4-6-13(9-12)10-15-19-16(21-20-15)11-17(22)18-14-7-2-3-8-14/h4-6,9,14H,2-3,7-8,10-11H2,1H3,(H,18,22)(H,19,20,21). The van der Waals surface area contributed by atoms with Crippen LogP contribution >= 0.6 is 0 Å². The molecule has 0 spiro atoms. The number of nitrogens with zero attached hydrogens (tertiary/aromatic N) is 2. The van der Waals surface area contributed by atoms with Gasteiger partial charge in [0.15, 0.2) is 5.82 Å². The van der Waals surface area contributed by atoms with Gasteiger partial charge in [0, 0.05) is 12.5 Å². The molecule has 1 fully saturated rings. The van der Waals surface area contributed by atoms with E-state index >= 15 is 0 Å². The largest absolute Gasteiger partial charge is 0.353 e. The number of rotatable bonds is 5. The molecule has 3 rings (SSSR count). The van der Waals surface area contributed by atoms with Gasteiger partial charge in [-0.15, -0.1) is 0 Å². The first-order valence-electron chi connectivity index (χ1n) is 7.94. The molecular weight excluding hydrogens is 276 g/mol. The lowest BCUT2D eigenvalue weighted by Crippen LogP contribution is -2.33. The van der Waals surface area contributed by atoms with Crippen molar-refractivity contribution in [3.05, 3.63) is 47.0 Å². The van der Waals surface area contributed by atoms with Crippen molar-refractivity contribution < 1.29 is 4.79 Å². The zero-order valence-electron chi connectivity index (χ0n) is 12.9. The Morgan fingerprint density at radius 1 is 1.36 bits per heavy atom. The normalized spacial score (nSPS) is 15.1. The fraction of sp³-hybridized carbons (Fsp3) is 0.471. The van der Waals surface area contributed by atoms with E-state index in [1.54, 1.807) is 0 Å². The van der Waals surface area contributed by atoms with E-state index in [9.17, 15) is 4.79 Å². The van der Waals surface area contributed by atoms with Crippen LogP contribution in [0.3, 0.4) is 0 Å². The van der Waals surface area contributed by atoms with Crippen LogP contribution in [0.2, 0.25) is 0 Å². The van der Waals surface area contributed by atoms with Gasteiger partial charge in [0.05, 0.1) is 6.42 Å². The van der Waals surface area contributed by atoms with Crippen LogP contribution in [0.15, 0.2) is 24.3 Å². The summed E-state index contributed by atoms with van der Waals surface area (Å²) in [5, 5.41) is 10.1. The number of hydrogen-bond donors (Lipinski definition) is 2. The van der Waals surface area contributed by atoms with E-state index in [1.807, 2.05) is 6.07 Å². The Morgan fingerprint density at radius 2 is 2.18 bits per heavy atom. The van der Waals surface area contributed by atoms with E-state index < -0.39 is 0 Å². The van der Waals surface area contributed by atoms with Crippen LogP contribution in [-0.4, -0.2) is 27.1 Å². The highest BCUT2D eigenvalue weighted by molar-refractivity contribution is 5.78. The van der Waals surface area contributed by atoms with Crippen molar-refractivity contribution in [2.75, 3.05) is 0 Å². The highest BCUT2D eigenvalue weighted by Crippen LogP contribution is 2.17. The lowest BCUT2D eigenvalue weighted by atomic mass is 10.1. The molecule has 1 aromatic carbocycles. The van der Waals surface area contributed by atoms with Crippen LogP contribution in [0.5, 0.6) is 0 Å². The highest BCUT2D eigenvalue weighted by atomic mass is 16.1. The summed E-state index contributed by atoms with van der Waals surface area (Å²) in [4.78, 5) is 16.4. The first-order valence-corrected chi connectivity index (χ1v) is 7.94. The molecule has 22 heavy (non-hydrogen) atoms. The van der Waals surface area contributed by atoms with Crippen molar-refractivity contribution in [1.82, 2.24) is 20.5 Å². The molecule has 2 aromatic rings. The van der Waals surface area contributed by atoms with Gasteiger partial charge in [-0.1, -0.05) is 42.7 Å². The van der Waals surface area contributed by atoms with Crippen LogP contribution in [-0.2, 0) is 17.6 Å². The van der Waals surface area contributed by atoms with E-state index in [-0.39, 0.29) is 12.3 Å². The summed E-state index contributed by atoms with van der Waals surface area (Å²) in [6.45, 7) is 2.07. The monoisotopic (exact) mass is 298 g/mol. The second kappa shape index (κ2) is 6.73. The Labute approximate surface area is 130 Å². The summed E-state index contributed by atoms with van der Waals surface area (Å²) in [5.41, 5.74) is 2.42. The van der Waals surface area contributed by atoms with E-state index in [0.29, 0.717) is 18.3 Å². The molecule has 0 radical (unpaired) electrons. The predicted molar refractivity (Wildman–Crippen MR) is 84.5 cm³/mol. The topological polar surface area (TPSA) is 70.7 Å². The van der Waals surface area contributed by atoms with Gasteiger partial charge in [0.2, 0.25) is 5.91 Å². The Balaban J connectivity index is 1.55. The second-order valence-electron chi connectivity index (χ2n) is 6.09. The molecule has 5 heteroatoms. The van der Waals surface area contributed by atoms with Crippen LogP contribution in [0.4, 0.5) is 0 Å². The fourth-order valence-electron chi connectivity index (χ4n) is 3.00. The van der Waals surface area contributed by atoms with E-state index in [2.05, 4.69) is 45.6 Å². The van der Waals surface area contributed by atoms with Crippen molar-refractivity contribution in [3.63, 3.8) is 0 Å². The molecule has 0 saturated heterocycles. The average Bonchev–Trinajstić information content (AvgIpc) is 3.11. The Kier molecular flexibility index (Phi) is 4.51. The number of aromatic nitrogens is 3. The van der Waals surface area contributed by atoms with E-state index in [0.717, 1.165) is 18.7 Å². The van der Waals surface area contributed by atoms with Gasteiger partial charge < -0.3 is 5.32 Å². The van der Waals surface area contributed by atoms with Crippen LogP contribution < -0.4 is 5.32 Å².